The summed E-state index contributed by atoms with van der Waals surface area (Å²) in [6, 6.07) is 13.1. The molecule has 42 heavy (non-hydrogen) atoms. The van der Waals surface area contributed by atoms with Gasteiger partial charge in [0.1, 0.15) is 23.8 Å². The van der Waals surface area contributed by atoms with Crippen LogP contribution in [-0.2, 0) is 13.1 Å². The van der Waals surface area contributed by atoms with Crippen molar-refractivity contribution in [1.82, 2.24) is 0 Å². The van der Waals surface area contributed by atoms with E-state index < -0.39 is 0 Å². The predicted molar refractivity (Wildman–Crippen MR) is 178 cm³/mol. The van der Waals surface area contributed by atoms with Crippen LogP contribution in [0.1, 0.15) is 37.8 Å². The number of azo groups is 2. The summed E-state index contributed by atoms with van der Waals surface area (Å²) in [5.41, 5.74) is 6.70. The van der Waals surface area contributed by atoms with Gasteiger partial charge in [0.2, 0.25) is 0 Å². The molecule has 1 fully saturated rings. The normalized spacial score (nSPS) is 14.1. The second-order valence-electron chi connectivity index (χ2n) is 9.97. The molecule has 3 heterocycles. The molecule has 2 aromatic carbocycles. The van der Waals surface area contributed by atoms with E-state index >= 15 is 0 Å². The summed E-state index contributed by atoms with van der Waals surface area (Å²) < 4.78 is 4.21. The first-order chi connectivity index (χ1) is 19.6. The number of aromatic nitrogens is 2. The van der Waals surface area contributed by atoms with Gasteiger partial charge in [-0.2, -0.15) is 0 Å². The van der Waals surface area contributed by atoms with E-state index in [1.807, 2.05) is 10.8 Å². The number of rotatable bonds is 8. The van der Waals surface area contributed by atoms with Gasteiger partial charge in [0.25, 0.3) is 0 Å². The van der Waals surface area contributed by atoms with Crippen molar-refractivity contribution in [2.75, 3.05) is 36.0 Å². The van der Waals surface area contributed by atoms with E-state index in [0.717, 1.165) is 84.9 Å². The van der Waals surface area contributed by atoms with Crippen LogP contribution in [0.15, 0.2) is 80.0 Å². The number of anilines is 2. The quantitative estimate of drug-likeness (QED) is 0.115. The van der Waals surface area contributed by atoms with Crippen molar-refractivity contribution in [2.45, 2.75) is 53.6 Å². The molecule has 2 aromatic heterocycles. The molecule has 0 saturated carbocycles. The number of thiazole rings is 2. The van der Waals surface area contributed by atoms with Crippen molar-refractivity contribution in [3.63, 3.8) is 0 Å². The Bertz CT molecular complexity index is 1370. The van der Waals surface area contributed by atoms with E-state index in [1.165, 1.54) is 11.4 Å². The number of aryl methyl sites for hydroxylation is 4. The molecule has 0 unspecified atom stereocenters. The Morgan fingerprint density at radius 2 is 1.05 bits per heavy atom. The Hall–Kier alpha value is -3.50. The molecule has 0 N–H and O–H groups in total. The Balaban J connectivity index is 0.00000242. The minimum Gasteiger partial charge on any atom is -0.371 e. The fourth-order valence-corrected chi connectivity index (χ4v) is 6.46. The zero-order chi connectivity index (χ0) is 27.9. The molecule has 5 rings (SSSR count). The van der Waals surface area contributed by atoms with Gasteiger partial charge in [0, 0.05) is 48.3 Å². The zero-order valence-corrected chi connectivity index (χ0v) is 27.5. The van der Waals surface area contributed by atoms with Crippen LogP contribution in [0.3, 0.4) is 0 Å². The lowest BCUT2D eigenvalue weighted by atomic mass is 10.1. The number of hydrogen-bond acceptors (Lipinski definition) is 8. The van der Waals surface area contributed by atoms with Crippen molar-refractivity contribution in [3.8, 4) is 0 Å². The molecule has 8 nitrogen and oxygen atoms in total. The molecule has 1 aliphatic rings. The third-order valence-electron chi connectivity index (χ3n) is 7.29. The van der Waals surface area contributed by atoms with Crippen LogP contribution in [-0.4, -0.2) is 26.2 Å². The van der Waals surface area contributed by atoms with Crippen molar-refractivity contribution >= 4 is 55.7 Å². The number of benzene rings is 2. The fourth-order valence-electron chi connectivity index (χ4n) is 4.97. The third kappa shape index (κ3) is 7.86. The Morgan fingerprint density at radius 1 is 0.643 bits per heavy atom. The lowest BCUT2D eigenvalue weighted by Gasteiger charge is -2.33. The summed E-state index contributed by atoms with van der Waals surface area (Å²) >= 11 is 3.23. The number of hydrogen-bond donors (Lipinski definition) is 0. The molecule has 0 bridgehead atoms. The van der Waals surface area contributed by atoms with E-state index in [2.05, 4.69) is 116 Å². The van der Waals surface area contributed by atoms with E-state index in [1.54, 1.807) is 22.7 Å². The standard InChI is InChI=1S/C30H38N8S2.2CH3/c1-5-35-17-19-39-29(35)33-31-27-11-9-25(21-23(27)3)37-13-7-15-38(16-8-14-37)26-10-12-28(24(4)22-26)32-34-30-36(6-2)18-20-40-30;;/h9-12,17-22H,5-8,13-16H2,1-4H3;2*1H3/q+2;2*-1. The summed E-state index contributed by atoms with van der Waals surface area (Å²) in [4.78, 5) is 5.02. The maximum Gasteiger partial charge on any atom is 0.408 e. The molecular weight excluding hydrogens is 561 g/mol. The Morgan fingerprint density at radius 3 is 1.40 bits per heavy atom. The predicted octanol–water partition coefficient (Wildman–Crippen LogP) is 8.88. The van der Waals surface area contributed by atoms with Gasteiger partial charge in [-0.05, 0) is 121 Å². The molecule has 0 radical (unpaired) electrons. The van der Waals surface area contributed by atoms with Gasteiger partial charge in [-0.1, -0.05) is 0 Å². The average molecular weight is 605 g/mol. The molecule has 4 aromatic rings. The van der Waals surface area contributed by atoms with E-state index in [-0.39, 0.29) is 14.9 Å². The summed E-state index contributed by atoms with van der Waals surface area (Å²) in [6.07, 6.45) is 6.31. The van der Waals surface area contributed by atoms with Crippen LogP contribution in [0.2, 0.25) is 0 Å². The number of nitrogens with zero attached hydrogens (tertiary/aromatic N) is 8. The van der Waals surface area contributed by atoms with E-state index in [4.69, 9.17) is 0 Å². The highest BCUT2D eigenvalue weighted by atomic mass is 32.1. The summed E-state index contributed by atoms with van der Waals surface area (Å²) in [6.45, 7) is 14.4. The minimum atomic E-state index is 0. The fraction of sp³-hybridized carbons (Fsp3) is 0.375. The molecule has 1 saturated heterocycles. The van der Waals surface area contributed by atoms with Gasteiger partial charge in [-0.3, -0.25) is 0 Å². The average Bonchev–Trinajstić information content (AvgIpc) is 3.60. The minimum absolute atomic E-state index is 0. The third-order valence-corrected chi connectivity index (χ3v) is 8.86. The molecule has 0 atom stereocenters. The van der Waals surface area contributed by atoms with Gasteiger partial charge < -0.3 is 24.7 Å². The first-order valence-electron chi connectivity index (χ1n) is 14.0. The van der Waals surface area contributed by atoms with Crippen molar-refractivity contribution in [1.29, 1.82) is 0 Å². The molecule has 224 valence electrons. The highest BCUT2D eigenvalue weighted by molar-refractivity contribution is 7.13. The second-order valence-corrected chi connectivity index (χ2v) is 11.7. The van der Waals surface area contributed by atoms with Crippen molar-refractivity contribution in [3.05, 3.63) is 85.5 Å². The maximum atomic E-state index is 4.54. The van der Waals surface area contributed by atoms with Crippen LogP contribution in [0.25, 0.3) is 0 Å². The highest BCUT2D eigenvalue weighted by Gasteiger charge is 2.17. The monoisotopic (exact) mass is 604 g/mol. The smallest absolute Gasteiger partial charge is 0.371 e. The van der Waals surface area contributed by atoms with E-state index in [0.29, 0.717) is 0 Å². The van der Waals surface area contributed by atoms with Crippen LogP contribution in [0.4, 0.5) is 33.0 Å². The van der Waals surface area contributed by atoms with Crippen LogP contribution >= 0.6 is 22.7 Å². The molecule has 0 amide bonds. The topological polar surface area (TPSA) is 63.7 Å². The summed E-state index contributed by atoms with van der Waals surface area (Å²) in [5, 5.41) is 24.0. The van der Waals surface area contributed by atoms with Gasteiger partial charge in [0.05, 0.1) is 23.3 Å². The second kappa shape index (κ2) is 15.7. The first-order valence-corrected chi connectivity index (χ1v) is 15.8. The molecule has 0 aliphatic carbocycles. The SMILES string of the molecule is CC[n+]1ccsc1N=Nc1ccc(N2CCCN(c3ccc(N=Nc4scc[n+]4CC)c(C)c3)CCC2)cc1C.[CH3-].[CH3-]. The molecule has 0 spiro atoms. The van der Waals surface area contributed by atoms with Gasteiger partial charge in [-0.15, -0.1) is 0 Å². The highest BCUT2D eigenvalue weighted by Crippen LogP contribution is 2.30. The van der Waals surface area contributed by atoms with Crippen molar-refractivity contribution in [2.24, 2.45) is 20.5 Å². The summed E-state index contributed by atoms with van der Waals surface area (Å²) in [7, 11) is 0. The molecule has 1 aliphatic heterocycles. The molecular formula is C32H44N8S2. The van der Waals surface area contributed by atoms with Gasteiger partial charge >= 0.3 is 10.3 Å². The van der Waals surface area contributed by atoms with E-state index in [9.17, 15) is 0 Å². The van der Waals surface area contributed by atoms with Gasteiger partial charge in [-0.25, -0.2) is 9.13 Å². The zero-order valence-electron chi connectivity index (χ0n) is 25.8. The lowest BCUT2D eigenvalue weighted by Crippen LogP contribution is -2.36. The maximum absolute atomic E-state index is 4.54. The van der Waals surface area contributed by atoms with Crippen LogP contribution in [0.5, 0.6) is 0 Å². The lowest BCUT2D eigenvalue weighted by molar-refractivity contribution is -0.677. The Kier molecular flexibility index (Phi) is 12.3. The van der Waals surface area contributed by atoms with Gasteiger partial charge in [0.15, 0.2) is 0 Å². The van der Waals surface area contributed by atoms with Crippen LogP contribution in [0, 0.1) is 28.7 Å². The first kappa shape index (κ1) is 33.0. The molecule has 10 heteroatoms. The van der Waals surface area contributed by atoms with Crippen LogP contribution < -0.4 is 18.9 Å². The Labute approximate surface area is 259 Å². The summed E-state index contributed by atoms with van der Waals surface area (Å²) in [5.74, 6) is 0. The largest absolute Gasteiger partial charge is 0.408 e. The van der Waals surface area contributed by atoms with Crippen molar-refractivity contribution < 1.29 is 9.13 Å².